The van der Waals surface area contributed by atoms with Crippen LogP contribution in [0.15, 0.2) is 12.1 Å². The van der Waals surface area contributed by atoms with Crippen LogP contribution in [0.1, 0.15) is 17.2 Å². The lowest BCUT2D eigenvalue weighted by Crippen LogP contribution is -2.19. The predicted molar refractivity (Wildman–Crippen MR) is 56.0 cm³/mol. The number of halogens is 1. The van der Waals surface area contributed by atoms with Crippen molar-refractivity contribution in [2.45, 2.75) is 11.8 Å². The highest BCUT2D eigenvalue weighted by atomic mass is 32.2. The minimum absolute atomic E-state index is 0.0517. The maximum atomic E-state index is 13.7. The molecule has 0 radical (unpaired) electrons. The summed E-state index contributed by atoms with van der Waals surface area (Å²) in [6.07, 6.45) is 0. The number of hydrogen-bond acceptors (Lipinski definition) is 3. The van der Waals surface area contributed by atoms with Crippen LogP contribution in [0.4, 0.5) is 4.39 Å². The molecule has 0 bridgehead atoms. The van der Waals surface area contributed by atoms with Crippen molar-refractivity contribution in [3.8, 4) is 5.75 Å². The Hall–Kier alpha value is -0.740. The van der Waals surface area contributed by atoms with Crippen LogP contribution in [0.2, 0.25) is 0 Å². The average Bonchev–Trinajstić information content (AvgIpc) is 2.20. The highest BCUT2D eigenvalue weighted by Crippen LogP contribution is 2.35. The van der Waals surface area contributed by atoms with Crippen molar-refractivity contribution in [2.75, 3.05) is 12.9 Å². The molecule has 1 atom stereocenters. The Bertz CT molecular complexity index is 356. The molecule has 0 saturated heterocycles. The van der Waals surface area contributed by atoms with E-state index >= 15 is 0 Å². The summed E-state index contributed by atoms with van der Waals surface area (Å²) in [7, 11) is 1.47. The topological polar surface area (TPSA) is 35.2 Å². The summed E-state index contributed by atoms with van der Waals surface area (Å²) in [5.74, 6) is 1.59. The third kappa shape index (κ3) is 1.48. The predicted octanol–water partition coefficient (Wildman–Crippen LogP) is 2.08. The lowest BCUT2D eigenvalue weighted by molar-refractivity contribution is 0.384. The summed E-state index contributed by atoms with van der Waals surface area (Å²) in [4.78, 5) is 0. The van der Waals surface area contributed by atoms with Crippen molar-refractivity contribution < 1.29 is 9.13 Å². The van der Waals surface area contributed by atoms with Gasteiger partial charge in [0.1, 0.15) is 0 Å². The third-order valence-electron chi connectivity index (χ3n) is 2.41. The van der Waals surface area contributed by atoms with E-state index in [1.807, 2.05) is 6.07 Å². The van der Waals surface area contributed by atoms with E-state index in [-0.39, 0.29) is 11.9 Å². The molecule has 2 N–H and O–H groups in total. The molecule has 0 aromatic heterocycles. The van der Waals surface area contributed by atoms with Crippen LogP contribution < -0.4 is 10.5 Å². The molecule has 0 fully saturated rings. The zero-order valence-corrected chi connectivity index (χ0v) is 8.73. The van der Waals surface area contributed by atoms with E-state index in [0.29, 0.717) is 17.1 Å². The summed E-state index contributed by atoms with van der Waals surface area (Å²) in [6, 6.07) is 3.45. The van der Waals surface area contributed by atoms with Crippen molar-refractivity contribution in [1.82, 2.24) is 0 Å². The van der Waals surface area contributed by atoms with Gasteiger partial charge in [-0.2, -0.15) is 11.8 Å². The van der Waals surface area contributed by atoms with Crippen molar-refractivity contribution in [1.29, 1.82) is 0 Å². The lowest BCUT2D eigenvalue weighted by atomic mass is 10.0. The van der Waals surface area contributed by atoms with Gasteiger partial charge in [0.15, 0.2) is 11.6 Å². The number of methoxy groups -OCH3 is 1. The van der Waals surface area contributed by atoms with E-state index in [9.17, 15) is 4.39 Å². The maximum absolute atomic E-state index is 13.7. The fourth-order valence-electron chi connectivity index (χ4n) is 1.64. The Kier molecular flexibility index (Phi) is 2.65. The van der Waals surface area contributed by atoms with Crippen molar-refractivity contribution in [2.24, 2.45) is 5.73 Å². The lowest BCUT2D eigenvalue weighted by Gasteiger charge is -2.22. The van der Waals surface area contributed by atoms with Gasteiger partial charge in [-0.15, -0.1) is 0 Å². The van der Waals surface area contributed by atoms with E-state index in [1.165, 1.54) is 7.11 Å². The van der Waals surface area contributed by atoms with Gasteiger partial charge in [0, 0.05) is 23.1 Å². The second kappa shape index (κ2) is 3.79. The number of benzene rings is 1. The van der Waals surface area contributed by atoms with Gasteiger partial charge in [0.2, 0.25) is 0 Å². The Morgan fingerprint density at radius 2 is 2.36 bits per heavy atom. The second-order valence-electron chi connectivity index (χ2n) is 3.27. The highest BCUT2D eigenvalue weighted by molar-refractivity contribution is 7.98. The first-order valence-corrected chi connectivity index (χ1v) is 5.58. The van der Waals surface area contributed by atoms with Crippen molar-refractivity contribution >= 4 is 11.8 Å². The molecule has 1 aliphatic rings. The molecule has 1 aromatic rings. The van der Waals surface area contributed by atoms with Crippen LogP contribution in [-0.2, 0) is 5.75 Å². The van der Waals surface area contributed by atoms with E-state index in [0.717, 1.165) is 11.3 Å². The zero-order valence-electron chi connectivity index (χ0n) is 7.92. The van der Waals surface area contributed by atoms with Gasteiger partial charge in [0.25, 0.3) is 0 Å². The minimum atomic E-state index is -0.257. The first kappa shape index (κ1) is 9.80. The van der Waals surface area contributed by atoms with Crippen LogP contribution >= 0.6 is 11.8 Å². The van der Waals surface area contributed by atoms with Crippen LogP contribution in [-0.4, -0.2) is 12.9 Å². The normalized spacial score (nSPS) is 20.4. The molecule has 2 rings (SSSR count). The van der Waals surface area contributed by atoms with E-state index in [2.05, 4.69) is 0 Å². The van der Waals surface area contributed by atoms with Crippen molar-refractivity contribution in [3.63, 3.8) is 0 Å². The number of ether oxygens (including phenoxy) is 1. The molecule has 0 spiro atoms. The Labute approximate surface area is 86.6 Å². The summed E-state index contributed by atoms with van der Waals surface area (Å²) in [6.45, 7) is 0. The van der Waals surface area contributed by atoms with Gasteiger partial charge < -0.3 is 10.5 Å². The molecule has 76 valence electrons. The van der Waals surface area contributed by atoms with Gasteiger partial charge in [-0.25, -0.2) is 4.39 Å². The van der Waals surface area contributed by atoms with Gasteiger partial charge in [-0.3, -0.25) is 0 Å². The summed E-state index contributed by atoms with van der Waals surface area (Å²) >= 11 is 1.66. The molecule has 14 heavy (non-hydrogen) atoms. The van der Waals surface area contributed by atoms with Crippen LogP contribution in [0.3, 0.4) is 0 Å². The minimum Gasteiger partial charge on any atom is -0.494 e. The first-order valence-electron chi connectivity index (χ1n) is 4.42. The second-order valence-corrected chi connectivity index (χ2v) is 4.30. The smallest absolute Gasteiger partial charge is 0.169 e. The van der Waals surface area contributed by atoms with Gasteiger partial charge in [-0.05, 0) is 11.6 Å². The van der Waals surface area contributed by atoms with Gasteiger partial charge in [0.05, 0.1) is 7.11 Å². The summed E-state index contributed by atoms with van der Waals surface area (Å²) < 4.78 is 18.7. The number of fused-ring (bicyclic) bond motifs is 1. The Morgan fingerprint density at radius 1 is 1.57 bits per heavy atom. The third-order valence-corrected chi connectivity index (χ3v) is 3.49. The van der Waals surface area contributed by atoms with Crippen LogP contribution in [0.25, 0.3) is 0 Å². The van der Waals surface area contributed by atoms with Crippen molar-refractivity contribution in [3.05, 3.63) is 29.1 Å². The largest absolute Gasteiger partial charge is 0.494 e. The number of nitrogens with two attached hydrogens (primary N) is 1. The molecule has 0 unspecified atom stereocenters. The van der Waals surface area contributed by atoms with E-state index in [4.69, 9.17) is 10.5 Å². The molecule has 0 aliphatic carbocycles. The monoisotopic (exact) mass is 213 g/mol. The number of thioether (sulfide) groups is 1. The van der Waals surface area contributed by atoms with Crippen LogP contribution in [0, 0.1) is 5.82 Å². The number of hydrogen-bond donors (Lipinski definition) is 1. The summed E-state index contributed by atoms with van der Waals surface area (Å²) in [5, 5.41) is 0. The first-order chi connectivity index (χ1) is 6.74. The summed E-state index contributed by atoms with van der Waals surface area (Å²) in [5.41, 5.74) is 7.50. The molecular formula is C10H12FNOS. The molecule has 1 aromatic carbocycles. The van der Waals surface area contributed by atoms with E-state index < -0.39 is 0 Å². The molecule has 0 amide bonds. The molecular weight excluding hydrogens is 201 g/mol. The molecule has 1 heterocycles. The van der Waals surface area contributed by atoms with Gasteiger partial charge in [-0.1, -0.05) is 6.07 Å². The molecule has 1 aliphatic heterocycles. The average molecular weight is 213 g/mol. The SMILES string of the molecule is COc1ccc2c(c1F)CSC[C@H]2N. The van der Waals surface area contributed by atoms with Gasteiger partial charge >= 0.3 is 0 Å². The molecule has 2 nitrogen and oxygen atoms in total. The Morgan fingerprint density at radius 3 is 3.07 bits per heavy atom. The number of rotatable bonds is 1. The standard InChI is InChI=1S/C10H12FNOS/c1-13-9-3-2-6-7(10(9)11)4-14-5-8(6)12/h2-3,8H,4-5,12H2,1H3/t8-/m1/s1. The van der Waals surface area contributed by atoms with E-state index in [1.54, 1.807) is 17.8 Å². The van der Waals surface area contributed by atoms with Crippen LogP contribution in [0.5, 0.6) is 5.75 Å². The molecule has 4 heteroatoms. The quantitative estimate of drug-likeness (QED) is 0.775. The molecule has 0 saturated carbocycles. The zero-order chi connectivity index (χ0) is 10.1. The highest BCUT2D eigenvalue weighted by Gasteiger charge is 2.22. The maximum Gasteiger partial charge on any atom is 0.169 e. The Balaban J connectivity index is 2.52. The fraction of sp³-hybridized carbons (Fsp3) is 0.400. The fourth-order valence-corrected chi connectivity index (χ4v) is 2.69.